The van der Waals surface area contributed by atoms with Crippen molar-refractivity contribution in [2.75, 3.05) is 0 Å². The highest BCUT2D eigenvalue weighted by Crippen LogP contribution is 2.20. The summed E-state index contributed by atoms with van der Waals surface area (Å²) in [7, 11) is -3.49. The van der Waals surface area contributed by atoms with Gasteiger partial charge in [0.25, 0.3) is 0 Å². The molecule has 24 heavy (non-hydrogen) atoms. The third kappa shape index (κ3) is 4.41. The van der Waals surface area contributed by atoms with E-state index in [1.165, 1.54) is 0 Å². The van der Waals surface area contributed by atoms with Crippen molar-refractivity contribution in [1.29, 1.82) is 0 Å². The Balaban J connectivity index is 1.63. The zero-order valence-electron chi connectivity index (χ0n) is 12.5. The van der Waals surface area contributed by atoms with Gasteiger partial charge in [0.05, 0.1) is 12.3 Å². The predicted molar refractivity (Wildman–Crippen MR) is 90.6 cm³/mol. The van der Waals surface area contributed by atoms with Crippen molar-refractivity contribution in [2.45, 2.75) is 12.3 Å². The van der Waals surface area contributed by atoms with Gasteiger partial charge >= 0.3 is 0 Å². The largest absolute Gasteiger partial charge is 0.419 e. The van der Waals surface area contributed by atoms with Crippen molar-refractivity contribution < 1.29 is 12.8 Å². The first-order chi connectivity index (χ1) is 11.5. The molecule has 0 aliphatic heterocycles. The minimum atomic E-state index is -3.49. The van der Waals surface area contributed by atoms with Crippen LogP contribution in [-0.4, -0.2) is 18.6 Å². The van der Waals surface area contributed by atoms with Crippen LogP contribution in [0.2, 0.25) is 5.02 Å². The molecule has 6 nitrogen and oxygen atoms in total. The normalized spacial score (nSPS) is 11.5. The fraction of sp³-hybridized carbons (Fsp3) is 0.125. The Morgan fingerprint density at radius 1 is 1.00 bits per heavy atom. The highest BCUT2D eigenvalue weighted by Gasteiger charge is 2.14. The van der Waals surface area contributed by atoms with Gasteiger partial charge in [-0.3, -0.25) is 0 Å². The first kappa shape index (κ1) is 16.6. The minimum absolute atomic E-state index is 0.0598. The van der Waals surface area contributed by atoms with Crippen LogP contribution in [0, 0.1) is 0 Å². The first-order valence-electron chi connectivity index (χ1n) is 7.11. The van der Waals surface area contributed by atoms with Gasteiger partial charge in [-0.05, 0) is 29.8 Å². The van der Waals surface area contributed by atoms with Crippen LogP contribution in [0.5, 0.6) is 0 Å². The maximum Gasteiger partial charge on any atom is 0.247 e. The fourth-order valence-corrected chi connectivity index (χ4v) is 3.25. The van der Waals surface area contributed by atoms with Crippen molar-refractivity contribution in [3.05, 3.63) is 71.1 Å². The van der Waals surface area contributed by atoms with Crippen LogP contribution in [-0.2, 0) is 22.3 Å². The SMILES string of the molecule is O=S(=O)(Cc1ccccc1)NCc1nnc(-c2ccc(Cl)cc2)o1. The Kier molecular flexibility index (Phi) is 4.94. The van der Waals surface area contributed by atoms with E-state index in [9.17, 15) is 8.42 Å². The lowest BCUT2D eigenvalue weighted by atomic mass is 10.2. The summed E-state index contributed by atoms with van der Waals surface area (Å²) in [6, 6.07) is 15.9. The second-order valence-corrected chi connectivity index (χ2v) is 7.32. The Hall–Kier alpha value is -2.22. The van der Waals surface area contributed by atoms with E-state index in [4.69, 9.17) is 16.0 Å². The monoisotopic (exact) mass is 363 g/mol. The van der Waals surface area contributed by atoms with E-state index >= 15 is 0 Å². The molecule has 124 valence electrons. The van der Waals surface area contributed by atoms with Gasteiger partial charge in [-0.2, -0.15) is 0 Å². The molecule has 0 unspecified atom stereocenters. The molecular weight excluding hydrogens is 350 g/mol. The van der Waals surface area contributed by atoms with Crippen molar-refractivity contribution in [1.82, 2.24) is 14.9 Å². The highest BCUT2D eigenvalue weighted by molar-refractivity contribution is 7.88. The number of hydrogen-bond donors (Lipinski definition) is 1. The molecule has 0 spiro atoms. The van der Waals surface area contributed by atoms with Gasteiger partial charge in [-0.1, -0.05) is 41.9 Å². The van der Waals surface area contributed by atoms with Crippen LogP contribution in [0.1, 0.15) is 11.5 Å². The average Bonchev–Trinajstić information content (AvgIpc) is 3.03. The Bertz CT molecular complexity index is 909. The summed E-state index contributed by atoms with van der Waals surface area (Å²) in [5.74, 6) is 0.395. The molecule has 0 saturated carbocycles. The van der Waals surface area contributed by atoms with E-state index in [-0.39, 0.29) is 18.2 Å². The molecule has 0 fully saturated rings. The number of sulfonamides is 1. The van der Waals surface area contributed by atoms with E-state index < -0.39 is 10.0 Å². The second-order valence-electron chi connectivity index (χ2n) is 5.07. The quantitative estimate of drug-likeness (QED) is 0.727. The van der Waals surface area contributed by atoms with E-state index in [0.717, 1.165) is 0 Å². The minimum Gasteiger partial charge on any atom is -0.419 e. The smallest absolute Gasteiger partial charge is 0.247 e. The molecule has 0 aliphatic rings. The molecule has 2 aromatic carbocycles. The fourth-order valence-electron chi connectivity index (χ4n) is 2.05. The van der Waals surface area contributed by atoms with E-state index in [0.29, 0.717) is 22.0 Å². The van der Waals surface area contributed by atoms with E-state index in [1.807, 2.05) is 6.07 Å². The van der Waals surface area contributed by atoms with Crippen LogP contribution < -0.4 is 4.72 Å². The van der Waals surface area contributed by atoms with Gasteiger partial charge in [-0.15, -0.1) is 10.2 Å². The van der Waals surface area contributed by atoms with Crippen LogP contribution in [0.4, 0.5) is 0 Å². The topological polar surface area (TPSA) is 85.1 Å². The molecule has 1 aromatic heterocycles. The number of aromatic nitrogens is 2. The molecule has 1 N–H and O–H groups in total. The zero-order valence-corrected chi connectivity index (χ0v) is 14.1. The Morgan fingerprint density at radius 2 is 1.71 bits per heavy atom. The number of nitrogens with zero attached hydrogens (tertiary/aromatic N) is 2. The lowest BCUT2D eigenvalue weighted by Crippen LogP contribution is -2.24. The summed E-state index contributed by atoms with van der Waals surface area (Å²) >= 11 is 5.83. The number of hydrogen-bond acceptors (Lipinski definition) is 5. The van der Waals surface area contributed by atoms with Crippen molar-refractivity contribution in [2.24, 2.45) is 0 Å². The second kappa shape index (κ2) is 7.12. The molecule has 0 aliphatic carbocycles. The highest BCUT2D eigenvalue weighted by atomic mass is 35.5. The third-order valence-corrected chi connectivity index (χ3v) is 4.75. The average molecular weight is 364 g/mol. The summed E-state index contributed by atoms with van der Waals surface area (Å²) in [5, 5.41) is 8.36. The molecule has 1 heterocycles. The summed E-state index contributed by atoms with van der Waals surface area (Å²) in [4.78, 5) is 0. The number of benzene rings is 2. The molecule has 0 saturated heterocycles. The Labute approximate surface area is 144 Å². The molecule has 3 aromatic rings. The first-order valence-corrected chi connectivity index (χ1v) is 9.14. The van der Waals surface area contributed by atoms with Crippen LogP contribution in [0.15, 0.2) is 59.0 Å². The predicted octanol–water partition coefficient (Wildman–Crippen LogP) is 3.01. The molecule has 8 heteroatoms. The van der Waals surface area contributed by atoms with Gasteiger partial charge < -0.3 is 4.42 Å². The molecular formula is C16H14ClN3O3S. The van der Waals surface area contributed by atoms with Gasteiger partial charge in [0.1, 0.15) is 0 Å². The summed E-state index contributed by atoms with van der Waals surface area (Å²) in [6.45, 7) is -0.0598. The standard InChI is InChI=1S/C16H14ClN3O3S/c17-14-8-6-13(7-9-14)16-20-19-15(23-16)10-18-24(21,22)11-12-4-2-1-3-5-12/h1-9,18H,10-11H2. The summed E-state index contributed by atoms with van der Waals surface area (Å²) in [6.07, 6.45) is 0. The van der Waals surface area contributed by atoms with Gasteiger partial charge in [0.2, 0.25) is 21.8 Å². The molecule has 0 atom stereocenters. The van der Waals surface area contributed by atoms with Gasteiger partial charge in [0, 0.05) is 10.6 Å². The molecule has 0 radical (unpaired) electrons. The summed E-state index contributed by atoms with van der Waals surface area (Å²) < 4.78 is 32.1. The number of nitrogens with one attached hydrogen (secondary N) is 1. The maximum atomic E-state index is 12.1. The maximum absolute atomic E-state index is 12.1. The van der Waals surface area contributed by atoms with E-state index in [2.05, 4.69) is 14.9 Å². The van der Waals surface area contributed by atoms with Crippen LogP contribution in [0.3, 0.4) is 0 Å². The van der Waals surface area contributed by atoms with Crippen molar-refractivity contribution in [3.8, 4) is 11.5 Å². The molecule has 0 bridgehead atoms. The van der Waals surface area contributed by atoms with Crippen LogP contribution in [0.25, 0.3) is 11.5 Å². The van der Waals surface area contributed by atoms with Gasteiger partial charge in [0.15, 0.2) is 0 Å². The zero-order chi connectivity index (χ0) is 17.0. The third-order valence-electron chi connectivity index (χ3n) is 3.20. The lowest BCUT2D eigenvalue weighted by Gasteiger charge is -2.04. The number of rotatable bonds is 6. The Morgan fingerprint density at radius 3 is 2.42 bits per heavy atom. The van der Waals surface area contributed by atoms with Crippen LogP contribution >= 0.6 is 11.6 Å². The summed E-state index contributed by atoms with van der Waals surface area (Å²) in [5.41, 5.74) is 1.42. The lowest BCUT2D eigenvalue weighted by molar-refractivity contribution is 0.494. The molecule has 3 rings (SSSR count). The van der Waals surface area contributed by atoms with Crippen molar-refractivity contribution in [3.63, 3.8) is 0 Å². The van der Waals surface area contributed by atoms with E-state index in [1.54, 1.807) is 48.5 Å². The number of halogens is 1. The molecule has 0 amide bonds. The van der Waals surface area contributed by atoms with Crippen molar-refractivity contribution >= 4 is 21.6 Å². The van der Waals surface area contributed by atoms with Gasteiger partial charge in [-0.25, -0.2) is 13.1 Å².